The van der Waals surface area contributed by atoms with Gasteiger partial charge < -0.3 is 20.3 Å². The number of nitrogens with two attached hydrogens (primary N) is 1. The van der Waals surface area contributed by atoms with Gasteiger partial charge in [0.1, 0.15) is 17.5 Å². The summed E-state index contributed by atoms with van der Waals surface area (Å²) in [5.74, 6) is -1.16. The lowest BCUT2D eigenvalue weighted by Gasteiger charge is -2.30. The second kappa shape index (κ2) is 11.8. The summed E-state index contributed by atoms with van der Waals surface area (Å²) in [6.07, 6.45) is 0.877. The second-order valence-electron chi connectivity index (χ2n) is 7.09. The number of benzene rings is 2. The number of carboxylic acid groups (broad SMARTS) is 1. The average Bonchev–Trinajstić information content (AvgIpc) is 2.70. The first-order chi connectivity index (χ1) is 14.8. The normalized spacial score (nSPS) is 11.7. The van der Waals surface area contributed by atoms with Crippen LogP contribution < -0.4 is 15.2 Å². The van der Waals surface area contributed by atoms with Crippen molar-refractivity contribution in [3.8, 4) is 11.5 Å². The van der Waals surface area contributed by atoms with Crippen molar-refractivity contribution in [3.63, 3.8) is 0 Å². The Hall–Kier alpha value is -3.23. The molecule has 0 saturated heterocycles. The Labute approximate surface area is 181 Å². The number of carbonyl (C=O) groups excluding carboxylic acids is 2. The number of hydrogen-bond acceptors (Lipinski definition) is 7. The van der Waals surface area contributed by atoms with Crippen molar-refractivity contribution >= 4 is 17.9 Å². The lowest BCUT2D eigenvalue weighted by atomic mass is 10.1. The molecule has 2 aromatic rings. The third kappa shape index (κ3) is 7.51. The Morgan fingerprint density at radius 2 is 1.35 bits per heavy atom. The summed E-state index contributed by atoms with van der Waals surface area (Å²) in [6.45, 7) is 3.40. The number of hydrogen-bond donors (Lipinski definition) is 2. The molecule has 0 aliphatic carbocycles. The van der Waals surface area contributed by atoms with E-state index in [0.717, 1.165) is 0 Å². The van der Waals surface area contributed by atoms with Crippen molar-refractivity contribution in [2.75, 3.05) is 6.54 Å². The highest BCUT2D eigenvalue weighted by atomic mass is 16.5. The van der Waals surface area contributed by atoms with Gasteiger partial charge in [0.05, 0.1) is 0 Å². The lowest BCUT2D eigenvalue weighted by molar-refractivity contribution is -0.144. The van der Waals surface area contributed by atoms with Crippen LogP contribution in [0.1, 0.15) is 37.8 Å². The molecule has 8 nitrogen and oxygen atoms in total. The summed E-state index contributed by atoms with van der Waals surface area (Å²) in [6, 6.07) is 13.1. The summed E-state index contributed by atoms with van der Waals surface area (Å²) < 4.78 is 10.6. The van der Waals surface area contributed by atoms with Gasteiger partial charge in [-0.2, -0.15) is 0 Å². The first kappa shape index (κ1) is 24.0. The molecule has 0 heterocycles. The quantitative estimate of drug-likeness (QED) is 0.414. The minimum absolute atomic E-state index is 0.208. The summed E-state index contributed by atoms with van der Waals surface area (Å²) in [4.78, 5) is 36.8. The molecule has 0 fully saturated rings. The molecule has 0 amide bonds. The molecule has 2 aromatic carbocycles. The molecule has 0 radical (unpaired) electrons. The Balaban J connectivity index is 2.42. The minimum Gasteiger partial charge on any atom is -0.480 e. The van der Waals surface area contributed by atoms with E-state index in [4.69, 9.17) is 15.2 Å². The summed E-state index contributed by atoms with van der Waals surface area (Å²) in [5, 5.41) is 9.90. The molecule has 0 aromatic heterocycles. The zero-order valence-corrected chi connectivity index (χ0v) is 17.7. The molecule has 8 heteroatoms. The number of ether oxygens (including phenoxy) is 2. The molecule has 0 aliphatic rings. The number of rotatable bonds is 11. The zero-order valence-electron chi connectivity index (χ0n) is 17.7. The fraction of sp³-hybridized carbons (Fsp3) is 0.348. The van der Waals surface area contributed by atoms with E-state index in [1.165, 1.54) is 13.8 Å². The van der Waals surface area contributed by atoms with E-state index in [9.17, 15) is 19.5 Å². The van der Waals surface area contributed by atoms with E-state index in [2.05, 4.69) is 0 Å². The van der Waals surface area contributed by atoms with Gasteiger partial charge in [0, 0.05) is 38.1 Å². The maximum Gasteiger partial charge on any atom is 0.320 e. The van der Waals surface area contributed by atoms with E-state index in [1.807, 2.05) is 0 Å². The van der Waals surface area contributed by atoms with Gasteiger partial charge in [-0.3, -0.25) is 19.3 Å². The Bertz CT molecular complexity index is 853. The number of nitrogens with zero attached hydrogens (tertiary/aromatic N) is 1. The van der Waals surface area contributed by atoms with Crippen molar-refractivity contribution in [2.24, 2.45) is 5.73 Å². The van der Waals surface area contributed by atoms with Gasteiger partial charge in [0.2, 0.25) is 0 Å². The van der Waals surface area contributed by atoms with Crippen molar-refractivity contribution in [3.05, 3.63) is 59.7 Å². The van der Waals surface area contributed by atoms with E-state index in [1.54, 1.807) is 53.4 Å². The van der Waals surface area contributed by atoms with Gasteiger partial charge in [-0.1, -0.05) is 36.4 Å². The van der Waals surface area contributed by atoms with Crippen molar-refractivity contribution in [1.29, 1.82) is 0 Å². The molecular weight excluding hydrogens is 400 g/mol. The molecule has 0 aliphatic heterocycles. The summed E-state index contributed by atoms with van der Waals surface area (Å²) in [7, 11) is 0. The van der Waals surface area contributed by atoms with Crippen LogP contribution in [0.4, 0.5) is 0 Å². The maximum atomic E-state index is 12.1. The monoisotopic (exact) mass is 428 g/mol. The van der Waals surface area contributed by atoms with Crippen molar-refractivity contribution in [1.82, 2.24) is 4.90 Å². The Morgan fingerprint density at radius 1 is 0.903 bits per heavy atom. The van der Waals surface area contributed by atoms with Gasteiger partial charge in [0.15, 0.2) is 0 Å². The lowest BCUT2D eigenvalue weighted by Crippen LogP contribution is -2.41. The first-order valence-corrected chi connectivity index (χ1v) is 10.0. The molecule has 166 valence electrons. The molecule has 0 bridgehead atoms. The third-order valence-corrected chi connectivity index (χ3v) is 4.61. The highest BCUT2D eigenvalue weighted by Crippen LogP contribution is 2.26. The van der Waals surface area contributed by atoms with Crippen LogP contribution in [-0.2, 0) is 27.5 Å². The Morgan fingerprint density at radius 3 is 1.74 bits per heavy atom. The van der Waals surface area contributed by atoms with Gasteiger partial charge in [-0.25, -0.2) is 0 Å². The van der Waals surface area contributed by atoms with Crippen molar-refractivity contribution in [2.45, 2.75) is 45.8 Å². The first-order valence-electron chi connectivity index (χ1n) is 10.0. The predicted octanol–water partition coefficient (Wildman–Crippen LogP) is 2.73. The minimum atomic E-state index is -0.983. The van der Waals surface area contributed by atoms with E-state index < -0.39 is 23.9 Å². The zero-order chi connectivity index (χ0) is 22.8. The van der Waals surface area contributed by atoms with E-state index in [-0.39, 0.29) is 13.1 Å². The van der Waals surface area contributed by atoms with Crippen LogP contribution in [0, 0.1) is 0 Å². The summed E-state index contributed by atoms with van der Waals surface area (Å²) in [5.41, 5.74) is 6.95. The SMILES string of the molecule is CC(=O)Oc1ccccc1CN(Cc1ccccc1OC(C)=O)C(CCCN)C(=O)O. The van der Waals surface area contributed by atoms with Gasteiger partial charge in [-0.15, -0.1) is 0 Å². The summed E-state index contributed by atoms with van der Waals surface area (Å²) >= 11 is 0. The number of para-hydroxylation sites is 2. The van der Waals surface area contributed by atoms with E-state index in [0.29, 0.717) is 42.0 Å². The Kier molecular flexibility index (Phi) is 9.17. The molecular formula is C23H28N2O6. The van der Waals surface area contributed by atoms with Crippen LogP contribution >= 0.6 is 0 Å². The molecule has 0 saturated carbocycles. The highest BCUT2D eigenvalue weighted by molar-refractivity contribution is 5.73. The standard InChI is InChI=1S/C23H28N2O6/c1-16(26)30-21-11-5-3-8-18(21)14-25(20(23(28)29)10-7-13-24)15-19-9-4-6-12-22(19)31-17(2)27/h3-6,8-9,11-12,20H,7,10,13-15,24H2,1-2H3,(H,28,29). The van der Waals surface area contributed by atoms with Gasteiger partial charge in [-0.05, 0) is 31.5 Å². The van der Waals surface area contributed by atoms with Crippen LogP contribution in [0.3, 0.4) is 0 Å². The maximum absolute atomic E-state index is 12.1. The van der Waals surface area contributed by atoms with Crippen LogP contribution in [0.25, 0.3) is 0 Å². The number of carboxylic acids is 1. The molecule has 3 N–H and O–H groups in total. The predicted molar refractivity (Wildman–Crippen MR) is 114 cm³/mol. The number of carbonyl (C=O) groups is 3. The van der Waals surface area contributed by atoms with Crippen LogP contribution in [-0.4, -0.2) is 40.5 Å². The highest BCUT2D eigenvalue weighted by Gasteiger charge is 2.27. The average molecular weight is 428 g/mol. The molecule has 1 unspecified atom stereocenters. The molecule has 2 rings (SSSR count). The fourth-order valence-electron chi connectivity index (χ4n) is 3.27. The topological polar surface area (TPSA) is 119 Å². The second-order valence-corrected chi connectivity index (χ2v) is 7.09. The van der Waals surface area contributed by atoms with Crippen LogP contribution in [0.2, 0.25) is 0 Å². The fourth-order valence-corrected chi connectivity index (χ4v) is 3.27. The van der Waals surface area contributed by atoms with E-state index >= 15 is 0 Å². The van der Waals surface area contributed by atoms with Gasteiger partial charge in [0.25, 0.3) is 0 Å². The molecule has 31 heavy (non-hydrogen) atoms. The molecule has 0 spiro atoms. The van der Waals surface area contributed by atoms with Crippen LogP contribution in [0.5, 0.6) is 11.5 Å². The van der Waals surface area contributed by atoms with Crippen LogP contribution in [0.15, 0.2) is 48.5 Å². The smallest absolute Gasteiger partial charge is 0.320 e. The molecule has 1 atom stereocenters. The number of esters is 2. The van der Waals surface area contributed by atoms with Crippen molar-refractivity contribution < 1.29 is 29.0 Å². The largest absolute Gasteiger partial charge is 0.480 e. The third-order valence-electron chi connectivity index (χ3n) is 4.61. The van der Waals surface area contributed by atoms with Gasteiger partial charge >= 0.3 is 17.9 Å². The number of aliphatic carboxylic acids is 1.